The molecule has 0 bridgehead atoms. The number of carbonyl (C=O) groups is 1. The predicted molar refractivity (Wildman–Crippen MR) is 43.9 cm³/mol. The Bertz CT molecular complexity index is 164. The lowest BCUT2D eigenvalue weighted by Crippen LogP contribution is -1.89. The van der Waals surface area contributed by atoms with Crippen molar-refractivity contribution in [2.24, 2.45) is 0 Å². The molecule has 1 heteroatoms. The van der Waals surface area contributed by atoms with Gasteiger partial charge in [0.1, 0.15) is 5.78 Å². The molecule has 0 aromatic heterocycles. The van der Waals surface area contributed by atoms with E-state index in [1.54, 1.807) is 6.92 Å². The van der Waals surface area contributed by atoms with E-state index in [0.717, 1.165) is 5.57 Å². The zero-order chi connectivity index (χ0) is 7.98. The smallest absolute Gasteiger partial charge is 0.133 e. The monoisotopic (exact) mass is 138 g/mol. The van der Waals surface area contributed by atoms with Crippen LogP contribution in [0.3, 0.4) is 0 Å². The van der Waals surface area contributed by atoms with E-state index in [1.165, 1.54) is 0 Å². The minimum atomic E-state index is 0.221. The second kappa shape index (κ2) is 4.98. The highest BCUT2D eigenvalue weighted by atomic mass is 16.1. The van der Waals surface area contributed by atoms with E-state index in [-0.39, 0.29) is 5.78 Å². The average molecular weight is 138 g/mol. The Kier molecular flexibility index (Phi) is 4.55. The van der Waals surface area contributed by atoms with Crippen LogP contribution in [0.1, 0.15) is 27.2 Å². The highest BCUT2D eigenvalue weighted by Gasteiger charge is 1.91. The lowest BCUT2D eigenvalue weighted by atomic mass is 10.1. The molecular formula is C9H14O. The Morgan fingerprint density at radius 3 is 2.40 bits per heavy atom. The third-order valence-corrected chi connectivity index (χ3v) is 1.10. The normalized spacial score (nSPS) is 12.5. The fraction of sp³-hybridized carbons (Fsp3) is 0.444. The van der Waals surface area contributed by atoms with E-state index in [2.05, 4.69) is 0 Å². The molecule has 0 atom stereocenters. The molecule has 0 aromatic carbocycles. The molecule has 0 heterocycles. The van der Waals surface area contributed by atoms with Crippen molar-refractivity contribution in [2.75, 3.05) is 0 Å². The molecule has 0 N–H and O–H groups in total. The van der Waals surface area contributed by atoms with Crippen LogP contribution in [0.4, 0.5) is 0 Å². The van der Waals surface area contributed by atoms with Crippen LogP contribution in [0.25, 0.3) is 0 Å². The SMILES string of the molecule is C/C=C\C=C(/C)CC(C)=O. The highest BCUT2D eigenvalue weighted by molar-refractivity contribution is 5.78. The maximum atomic E-state index is 10.6. The molecule has 0 unspecified atom stereocenters. The van der Waals surface area contributed by atoms with Gasteiger partial charge in [0.25, 0.3) is 0 Å². The summed E-state index contributed by atoms with van der Waals surface area (Å²) >= 11 is 0. The first-order valence-corrected chi connectivity index (χ1v) is 3.44. The highest BCUT2D eigenvalue weighted by Crippen LogP contribution is 1.99. The van der Waals surface area contributed by atoms with Crippen molar-refractivity contribution >= 4 is 5.78 Å². The summed E-state index contributed by atoms with van der Waals surface area (Å²) < 4.78 is 0. The minimum Gasteiger partial charge on any atom is -0.300 e. The summed E-state index contributed by atoms with van der Waals surface area (Å²) in [5.74, 6) is 0.221. The van der Waals surface area contributed by atoms with Gasteiger partial charge in [-0.15, -0.1) is 0 Å². The predicted octanol–water partition coefficient (Wildman–Crippen LogP) is 2.49. The quantitative estimate of drug-likeness (QED) is 0.547. The lowest BCUT2D eigenvalue weighted by molar-refractivity contribution is -0.116. The zero-order valence-corrected chi connectivity index (χ0v) is 6.85. The van der Waals surface area contributed by atoms with Crippen LogP contribution in [0.5, 0.6) is 0 Å². The van der Waals surface area contributed by atoms with Crippen molar-refractivity contribution in [1.29, 1.82) is 0 Å². The number of hydrogen-bond acceptors (Lipinski definition) is 1. The second-order valence-electron chi connectivity index (χ2n) is 2.42. The number of ketones is 1. The summed E-state index contributed by atoms with van der Waals surface area (Å²) in [5, 5.41) is 0. The summed E-state index contributed by atoms with van der Waals surface area (Å²) in [7, 11) is 0. The molecule has 0 spiro atoms. The third-order valence-electron chi connectivity index (χ3n) is 1.10. The largest absolute Gasteiger partial charge is 0.300 e. The summed E-state index contributed by atoms with van der Waals surface area (Å²) in [4.78, 5) is 10.6. The zero-order valence-electron chi connectivity index (χ0n) is 6.85. The van der Waals surface area contributed by atoms with Crippen molar-refractivity contribution in [2.45, 2.75) is 27.2 Å². The van der Waals surface area contributed by atoms with E-state index in [0.29, 0.717) is 6.42 Å². The van der Waals surface area contributed by atoms with Gasteiger partial charge in [-0.1, -0.05) is 23.8 Å². The van der Waals surface area contributed by atoms with Gasteiger partial charge in [-0.25, -0.2) is 0 Å². The van der Waals surface area contributed by atoms with E-state index in [4.69, 9.17) is 0 Å². The van der Waals surface area contributed by atoms with Gasteiger partial charge in [0.15, 0.2) is 0 Å². The molecule has 0 rings (SSSR count). The molecule has 0 aliphatic carbocycles. The van der Waals surface area contributed by atoms with E-state index < -0.39 is 0 Å². The fourth-order valence-corrected chi connectivity index (χ4v) is 0.712. The van der Waals surface area contributed by atoms with Crippen LogP contribution in [0, 0.1) is 0 Å². The number of Topliss-reactive ketones (excluding diaryl/α,β-unsaturated/α-hetero) is 1. The van der Waals surface area contributed by atoms with Crippen LogP contribution >= 0.6 is 0 Å². The fourth-order valence-electron chi connectivity index (χ4n) is 0.712. The van der Waals surface area contributed by atoms with Gasteiger partial charge in [0, 0.05) is 6.42 Å². The Morgan fingerprint density at radius 1 is 1.40 bits per heavy atom. The van der Waals surface area contributed by atoms with Crippen molar-refractivity contribution in [3.05, 3.63) is 23.8 Å². The summed E-state index contributed by atoms with van der Waals surface area (Å²) in [6.07, 6.45) is 6.42. The number of rotatable bonds is 3. The first kappa shape index (κ1) is 9.15. The van der Waals surface area contributed by atoms with Gasteiger partial charge in [-0.05, 0) is 20.8 Å². The maximum absolute atomic E-state index is 10.6. The van der Waals surface area contributed by atoms with Crippen molar-refractivity contribution in [1.82, 2.24) is 0 Å². The van der Waals surface area contributed by atoms with Gasteiger partial charge in [0.2, 0.25) is 0 Å². The Labute approximate surface area is 62.4 Å². The van der Waals surface area contributed by atoms with Gasteiger partial charge < -0.3 is 0 Å². The van der Waals surface area contributed by atoms with Crippen LogP contribution in [-0.2, 0) is 4.79 Å². The van der Waals surface area contributed by atoms with Crippen LogP contribution < -0.4 is 0 Å². The number of allylic oxidation sites excluding steroid dienone is 4. The van der Waals surface area contributed by atoms with Crippen LogP contribution in [0.15, 0.2) is 23.8 Å². The minimum absolute atomic E-state index is 0.221. The Morgan fingerprint density at radius 2 is 2.00 bits per heavy atom. The molecule has 10 heavy (non-hydrogen) atoms. The Hall–Kier alpha value is -0.850. The first-order chi connectivity index (χ1) is 4.66. The van der Waals surface area contributed by atoms with Crippen molar-refractivity contribution in [3.8, 4) is 0 Å². The summed E-state index contributed by atoms with van der Waals surface area (Å²) in [6, 6.07) is 0. The Balaban J connectivity index is 3.82. The molecule has 0 aliphatic rings. The van der Waals surface area contributed by atoms with Crippen molar-refractivity contribution in [3.63, 3.8) is 0 Å². The number of hydrogen-bond donors (Lipinski definition) is 0. The average Bonchev–Trinajstić information content (AvgIpc) is 1.82. The van der Waals surface area contributed by atoms with Gasteiger partial charge in [-0.2, -0.15) is 0 Å². The van der Waals surface area contributed by atoms with Gasteiger partial charge in [0.05, 0.1) is 0 Å². The van der Waals surface area contributed by atoms with Crippen molar-refractivity contribution < 1.29 is 4.79 Å². The summed E-state index contributed by atoms with van der Waals surface area (Å²) in [5.41, 5.74) is 1.12. The molecule has 0 amide bonds. The standard InChI is InChI=1S/C9H14O/c1-4-5-6-8(2)7-9(3)10/h4-6H,7H2,1-3H3/b5-4-,8-6+. The molecule has 0 saturated carbocycles. The van der Waals surface area contributed by atoms with E-state index >= 15 is 0 Å². The molecule has 0 aliphatic heterocycles. The third kappa shape index (κ3) is 5.29. The molecule has 0 saturated heterocycles. The van der Waals surface area contributed by atoms with E-state index in [9.17, 15) is 4.79 Å². The number of carbonyl (C=O) groups excluding carboxylic acids is 1. The molecule has 0 aromatic rings. The van der Waals surface area contributed by atoms with Gasteiger partial charge >= 0.3 is 0 Å². The maximum Gasteiger partial charge on any atom is 0.133 e. The molecular weight excluding hydrogens is 124 g/mol. The van der Waals surface area contributed by atoms with Crippen LogP contribution in [0.2, 0.25) is 0 Å². The lowest BCUT2D eigenvalue weighted by Gasteiger charge is -1.92. The first-order valence-electron chi connectivity index (χ1n) is 3.44. The molecule has 0 fully saturated rings. The molecule has 56 valence electrons. The topological polar surface area (TPSA) is 17.1 Å². The second-order valence-corrected chi connectivity index (χ2v) is 2.42. The summed E-state index contributed by atoms with van der Waals surface area (Å²) in [6.45, 7) is 5.52. The van der Waals surface area contributed by atoms with E-state index in [1.807, 2.05) is 32.1 Å². The van der Waals surface area contributed by atoms with Gasteiger partial charge in [-0.3, -0.25) is 4.79 Å². The molecule has 1 nitrogen and oxygen atoms in total. The molecule has 0 radical (unpaired) electrons. The van der Waals surface area contributed by atoms with Crippen LogP contribution in [-0.4, -0.2) is 5.78 Å².